The number of benzene rings is 1. The molecule has 3 heteroatoms. The first kappa shape index (κ1) is 11.2. The van der Waals surface area contributed by atoms with E-state index < -0.39 is 6.10 Å². The second-order valence-electron chi connectivity index (χ2n) is 4.26. The number of aromatic amines is 1. The summed E-state index contributed by atoms with van der Waals surface area (Å²) in [6, 6.07) is 8.25. The van der Waals surface area contributed by atoms with Crippen LogP contribution in [0.2, 0.25) is 0 Å². The zero-order valence-electron chi connectivity index (χ0n) is 9.53. The Kier molecular flexibility index (Phi) is 3.27. The fourth-order valence-electron chi connectivity index (χ4n) is 1.91. The van der Waals surface area contributed by atoms with Crippen LogP contribution >= 0.6 is 0 Å². The number of nitrogens with two attached hydrogens (primary N) is 1. The summed E-state index contributed by atoms with van der Waals surface area (Å²) in [6.45, 7) is 2.68. The molecule has 4 N–H and O–H groups in total. The fraction of sp³-hybridized carbons (Fsp3) is 0.385. The molecule has 0 saturated heterocycles. The van der Waals surface area contributed by atoms with E-state index in [9.17, 15) is 5.11 Å². The lowest BCUT2D eigenvalue weighted by molar-refractivity contribution is 0.161. The molecule has 1 unspecified atom stereocenters. The molecule has 0 aliphatic rings. The summed E-state index contributed by atoms with van der Waals surface area (Å²) in [4.78, 5) is 3.25. The maximum Gasteiger partial charge on any atom is 0.0938 e. The van der Waals surface area contributed by atoms with Gasteiger partial charge in [0.05, 0.1) is 6.10 Å². The van der Waals surface area contributed by atoms with Gasteiger partial charge in [-0.15, -0.1) is 0 Å². The number of hydrogen-bond donors (Lipinski definition) is 3. The molecule has 0 spiro atoms. The molecular formula is C13H18N2O. The number of nitrogens with one attached hydrogen (secondary N) is 1. The van der Waals surface area contributed by atoms with Crippen LogP contribution in [0.4, 0.5) is 0 Å². The van der Waals surface area contributed by atoms with Crippen molar-refractivity contribution in [2.75, 3.05) is 6.54 Å². The highest BCUT2D eigenvalue weighted by Crippen LogP contribution is 2.23. The molecule has 1 atom stereocenters. The second kappa shape index (κ2) is 4.68. The molecule has 1 aromatic heterocycles. The Hall–Kier alpha value is -1.32. The Morgan fingerprint density at radius 3 is 2.94 bits per heavy atom. The average molecular weight is 218 g/mol. The molecule has 0 aliphatic carbocycles. The second-order valence-corrected chi connectivity index (χ2v) is 4.26. The van der Waals surface area contributed by atoms with Gasteiger partial charge in [0.15, 0.2) is 0 Å². The van der Waals surface area contributed by atoms with Crippen LogP contribution in [0.1, 0.15) is 30.2 Å². The maximum atomic E-state index is 9.94. The highest BCUT2D eigenvalue weighted by molar-refractivity contribution is 5.81. The van der Waals surface area contributed by atoms with Crippen molar-refractivity contribution in [1.29, 1.82) is 0 Å². The molecule has 0 bridgehead atoms. The molecule has 3 nitrogen and oxygen atoms in total. The van der Waals surface area contributed by atoms with Gasteiger partial charge in [0.1, 0.15) is 0 Å². The lowest BCUT2D eigenvalue weighted by Gasteiger charge is -2.06. The Morgan fingerprint density at radius 1 is 1.38 bits per heavy atom. The van der Waals surface area contributed by atoms with Gasteiger partial charge in [-0.3, -0.25) is 0 Å². The summed E-state index contributed by atoms with van der Waals surface area (Å²) in [5.74, 6) is 0. The molecule has 0 amide bonds. The van der Waals surface area contributed by atoms with Gasteiger partial charge in [0.25, 0.3) is 0 Å². The van der Waals surface area contributed by atoms with Crippen LogP contribution in [0.25, 0.3) is 10.9 Å². The SMILES string of the molecule is Cc1ccc2cc(C(O)CCCN)[nH]c2c1. The van der Waals surface area contributed by atoms with Crippen molar-refractivity contribution in [2.45, 2.75) is 25.9 Å². The van der Waals surface area contributed by atoms with Crippen LogP contribution in [0.3, 0.4) is 0 Å². The predicted molar refractivity (Wildman–Crippen MR) is 66.3 cm³/mol. The summed E-state index contributed by atoms with van der Waals surface area (Å²) in [5.41, 5.74) is 8.62. The maximum absolute atomic E-state index is 9.94. The van der Waals surface area contributed by atoms with E-state index in [-0.39, 0.29) is 0 Å². The van der Waals surface area contributed by atoms with Crippen molar-refractivity contribution in [2.24, 2.45) is 5.73 Å². The fourth-order valence-corrected chi connectivity index (χ4v) is 1.91. The Balaban J connectivity index is 2.25. The molecule has 2 rings (SSSR count). The van der Waals surface area contributed by atoms with E-state index >= 15 is 0 Å². The third-order valence-electron chi connectivity index (χ3n) is 2.84. The van der Waals surface area contributed by atoms with Crippen LogP contribution in [0, 0.1) is 6.92 Å². The van der Waals surface area contributed by atoms with Gasteiger partial charge in [-0.1, -0.05) is 12.1 Å². The zero-order valence-corrected chi connectivity index (χ0v) is 9.53. The quantitative estimate of drug-likeness (QED) is 0.737. The molecule has 1 aromatic carbocycles. The van der Waals surface area contributed by atoms with Crippen molar-refractivity contribution in [3.63, 3.8) is 0 Å². The van der Waals surface area contributed by atoms with E-state index in [2.05, 4.69) is 30.1 Å². The summed E-state index contributed by atoms with van der Waals surface area (Å²) in [7, 11) is 0. The van der Waals surface area contributed by atoms with Crippen molar-refractivity contribution in [3.05, 3.63) is 35.5 Å². The highest BCUT2D eigenvalue weighted by atomic mass is 16.3. The minimum absolute atomic E-state index is 0.434. The smallest absolute Gasteiger partial charge is 0.0938 e. The van der Waals surface area contributed by atoms with Gasteiger partial charge in [0, 0.05) is 11.2 Å². The third kappa shape index (κ3) is 2.26. The summed E-state index contributed by atoms with van der Waals surface area (Å²) >= 11 is 0. The largest absolute Gasteiger partial charge is 0.387 e. The molecule has 1 heterocycles. The summed E-state index contributed by atoms with van der Waals surface area (Å²) in [6.07, 6.45) is 1.12. The van der Waals surface area contributed by atoms with E-state index in [0.29, 0.717) is 13.0 Å². The molecule has 2 aromatic rings. The number of H-pyrrole nitrogens is 1. The van der Waals surface area contributed by atoms with E-state index in [4.69, 9.17) is 5.73 Å². The van der Waals surface area contributed by atoms with Crippen LogP contribution in [0.5, 0.6) is 0 Å². The monoisotopic (exact) mass is 218 g/mol. The number of aryl methyl sites for hydroxylation is 1. The van der Waals surface area contributed by atoms with Gasteiger partial charge in [-0.05, 0) is 49.4 Å². The van der Waals surface area contributed by atoms with Crippen molar-refractivity contribution >= 4 is 10.9 Å². The lowest BCUT2D eigenvalue weighted by atomic mass is 10.1. The number of aliphatic hydroxyl groups excluding tert-OH is 1. The van der Waals surface area contributed by atoms with Crippen molar-refractivity contribution < 1.29 is 5.11 Å². The lowest BCUT2D eigenvalue weighted by Crippen LogP contribution is -2.03. The molecule has 0 fully saturated rings. The normalized spacial score (nSPS) is 13.2. The number of fused-ring (bicyclic) bond motifs is 1. The van der Waals surface area contributed by atoms with Gasteiger partial charge in [-0.2, -0.15) is 0 Å². The average Bonchev–Trinajstić information content (AvgIpc) is 2.68. The minimum Gasteiger partial charge on any atom is -0.387 e. The van der Waals surface area contributed by atoms with Crippen LogP contribution in [-0.2, 0) is 0 Å². The predicted octanol–water partition coefficient (Wildman–Crippen LogP) is 2.25. The van der Waals surface area contributed by atoms with E-state index in [0.717, 1.165) is 23.0 Å². The van der Waals surface area contributed by atoms with E-state index in [1.807, 2.05) is 6.07 Å². The summed E-state index contributed by atoms with van der Waals surface area (Å²) < 4.78 is 0. The van der Waals surface area contributed by atoms with Crippen molar-refractivity contribution in [1.82, 2.24) is 4.98 Å². The first-order valence-corrected chi connectivity index (χ1v) is 5.68. The van der Waals surface area contributed by atoms with Gasteiger partial charge in [0.2, 0.25) is 0 Å². The van der Waals surface area contributed by atoms with E-state index in [1.54, 1.807) is 0 Å². The molecule has 0 saturated carbocycles. The van der Waals surface area contributed by atoms with Crippen molar-refractivity contribution in [3.8, 4) is 0 Å². The number of aliphatic hydroxyl groups is 1. The first-order chi connectivity index (χ1) is 7.70. The molecule has 86 valence electrons. The molecule has 0 radical (unpaired) electrons. The standard InChI is InChI=1S/C13H18N2O/c1-9-4-5-10-8-12(15-11(10)7-9)13(16)3-2-6-14/h4-5,7-8,13,15-16H,2-3,6,14H2,1H3. The molecule has 16 heavy (non-hydrogen) atoms. The number of rotatable bonds is 4. The first-order valence-electron chi connectivity index (χ1n) is 5.68. The zero-order chi connectivity index (χ0) is 11.5. The third-order valence-corrected chi connectivity index (χ3v) is 2.84. The van der Waals surface area contributed by atoms with E-state index in [1.165, 1.54) is 5.56 Å². The van der Waals surface area contributed by atoms with Crippen LogP contribution in [0.15, 0.2) is 24.3 Å². The van der Waals surface area contributed by atoms with Crippen LogP contribution < -0.4 is 5.73 Å². The van der Waals surface area contributed by atoms with Gasteiger partial charge < -0.3 is 15.8 Å². The highest BCUT2D eigenvalue weighted by Gasteiger charge is 2.09. The number of hydrogen-bond acceptors (Lipinski definition) is 2. The topological polar surface area (TPSA) is 62.0 Å². The molecular weight excluding hydrogens is 200 g/mol. The van der Waals surface area contributed by atoms with Gasteiger partial charge >= 0.3 is 0 Å². The Labute approximate surface area is 95.3 Å². The van der Waals surface area contributed by atoms with Gasteiger partial charge in [-0.25, -0.2) is 0 Å². The Morgan fingerprint density at radius 2 is 2.19 bits per heavy atom. The van der Waals surface area contributed by atoms with Crippen LogP contribution in [-0.4, -0.2) is 16.6 Å². The minimum atomic E-state index is -0.434. The molecule has 0 aliphatic heterocycles. The number of aromatic nitrogens is 1. The Bertz CT molecular complexity index is 476. The summed E-state index contributed by atoms with van der Waals surface area (Å²) in [5, 5.41) is 11.1.